The van der Waals surface area contributed by atoms with Crippen molar-refractivity contribution in [1.29, 1.82) is 0 Å². The summed E-state index contributed by atoms with van der Waals surface area (Å²) in [5, 5.41) is 14.9. The highest BCUT2D eigenvalue weighted by Crippen LogP contribution is 2.30. The molecule has 2 amide bonds. The molecule has 6 heteroatoms. The lowest BCUT2D eigenvalue weighted by molar-refractivity contribution is -0.147. The molecule has 0 radical (unpaired) electrons. The minimum absolute atomic E-state index is 0.0116. The maximum atomic E-state index is 12.4. The molecular weight excluding hydrogens is 308 g/mol. The maximum Gasteiger partial charge on any atom is 0.329 e. The predicted molar refractivity (Wildman–Crippen MR) is 89.3 cm³/mol. The van der Waals surface area contributed by atoms with E-state index >= 15 is 0 Å². The second-order valence-corrected chi connectivity index (χ2v) is 6.51. The van der Waals surface area contributed by atoms with E-state index in [1.54, 1.807) is 0 Å². The molecule has 24 heavy (non-hydrogen) atoms. The standard InChI is InChI=1S/C18H24N2O4/c1-12-5-7-14(8-6-12)15(19-13(2)21)11-16(22)20-18(17(23)24)9-3-4-10-18/h5-8,15H,3-4,9-11H2,1-2H3,(H,19,21)(H,20,22)(H,23,24)/t15-/m0/s1. The van der Waals surface area contributed by atoms with Crippen LogP contribution in [0.3, 0.4) is 0 Å². The van der Waals surface area contributed by atoms with Gasteiger partial charge in [-0.2, -0.15) is 0 Å². The monoisotopic (exact) mass is 332 g/mol. The molecule has 1 aromatic rings. The highest BCUT2D eigenvalue weighted by atomic mass is 16.4. The van der Waals surface area contributed by atoms with Crippen molar-refractivity contribution in [3.8, 4) is 0 Å². The molecule has 3 N–H and O–H groups in total. The number of aliphatic carboxylic acids is 1. The van der Waals surface area contributed by atoms with Crippen LogP contribution in [0.1, 0.15) is 56.2 Å². The van der Waals surface area contributed by atoms with Crippen molar-refractivity contribution in [3.63, 3.8) is 0 Å². The van der Waals surface area contributed by atoms with Gasteiger partial charge in [0.15, 0.2) is 0 Å². The average molecular weight is 332 g/mol. The lowest BCUT2D eigenvalue weighted by atomic mass is 9.96. The molecule has 1 atom stereocenters. The van der Waals surface area contributed by atoms with Gasteiger partial charge in [0.25, 0.3) is 0 Å². The van der Waals surface area contributed by atoms with Crippen molar-refractivity contribution in [2.45, 2.75) is 57.5 Å². The quantitative estimate of drug-likeness (QED) is 0.743. The molecule has 6 nitrogen and oxygen atoms in total. The van der Waals surface area contributed by atoms with Crippen LogP contribution in [0.25, 0.3) is 0 Å². The number of rotatable bonds is 6. The zero-order chi connectivity index (χ0) is 17.7. The van der Waals surface area contributed by atoms with Crippen molar-refractivity contribution in [2.24, 2.45) is 0 Å². The molecule has 0 unspecified atom stereocenters. The molecule has 0 heterocycles. The summed E-state index contributed by atoms with van der Waals surface area (Å²) in [6, 6.07) is 7.09. The third-order valence-electron chi connectivity index (χ3n) is 4.49. The maximum absolute atomic E-state index is 12.4. The molecule has 0 aromatic heterocycles. The first-order chi connectivity index (χ1) is 11.3. The van der Waals surface area contributed by atoms with Gasteiger partial charge in [0.05, 0.1) is 12.5 Å². The van der Waals surface area contributed by atoms with Crippen molar-refractivity contribution in [1.82, 2.24) is 10.6 Å². The van der Waals surface area contributed by atoms with Gasteiger partial charge in [-0.1, -0.05) is 42.7 Å². The average Bonchev–Trinajstić information content (AvgIpc) is 2.96. The van der Waals surface area contributed by atoms with Gasteiger partial charge in [-0.05, 0) is 25.3 Å². The van der Waals surface area contributed by atoms with Crippen LogP contribution in [0.2, 0.25) is 0 Å². The van der Waals surface area contributed by atoms with Gasteiger partial charge >= 0.3 is 5.97 Å². The topological polar surface area (TPSA) is 95.5 Å². The number of amides is 2. The highest BCUT2D eigenvalue weighted by molar-refractivity contribution is 5.88. The molecule has 1 saturated carbocycles. The number of nitrogens with one attached hydrogen (secondary N) is 2. The Labute approximate surface area is 141 Å². The fourth-order valence-corrected chi connectivity index (χ4v) is 3.17. The molecule has 130 valence electrons. The van der Waals surface area contributed by atoms with E-state index in [0.29, 0.717) is 12.8 Å². The summed E-state index contributed by atoms with van der Waals surface area (Å²) in [5.74, 6) is -1.58. The Hall–Kier alpha value is -2.37. The smallest absolute Gasteiger partial charge is 0.329 e. The molecule has 1 aliphatic rings. The fourth-order valence-electron chi connectivity index (χ4n) is 3.17. The number of carbonyl (C=O) groups is 3. The van der Waals surface area contributed by atoms with Crippen LogP contribution < -0.4 is 10.6 Å². The van der Waals surface area contributed by atoms with Gasteiger partial charge < -0.3 is 15.7 Å². The first-order valence-electron chi connectivity index (χ1n) is 8.20. The summed E-state index contributed by atoms with van der Waals surface area (Å²) in [5.41, 5.74) is 0.743. The lowest BCUT2D eigenvalue weighted by Gasteiger charge is -2.27. The van der Waals surface area contributed by atoms with Gasteiger partial charge in [0, 0.05) is 6.92 Å². The molecule has 0 saturated heterocycles. The Bertz CT molecular complexity index is 618. The van der Waals surface area contributed by atoms with Crippen molar-refractivity contribution in [2.75, 3.05) is 0 Å². The summed E-state index contributed by atoms with van der Waals surface area (Å²) in [6.07, 6.45) is 2.49. The zero-order valence-electron chi connectivity index (χ0n) is 14.1. The van der Waals surface area contributed by atoms with E-state index in [1.165, 1.54) is 6.92 Å². The number of carboxylic acids is 1. The van der Waals surface area contributed by atoms with Gasteiger partial charge in [0.2, 0.25) is 11.8 Å². The second-order valence-electron chi connectivity index (χ2n) is 6.51. The fraction of sp³-hybridized carbons (Fsp3) is 0.500. The summed E-state index contributed by atoms with van der Waals surface area (Å²) >= 11 is 0. The van der Waals surface area contributed by atoms with Crippen LogP contribution >= 0.6 is 0 Å². The number of carboxylic acid groups (broad SMARTS) is 1. The minimum atomic E-state index is -1.16. The Morgan fingerprint density at radius 2 is 1.75 bits per heavy atom. The normalized spacial score (nSPS) is 17.1. The third kappa shape index (κ3) is 4.34. The predicted octanol–water partition coefficient (Wildman–Crippen LogP) is 2.08. The van der Waals surface area contributed by atoms with Gasteiger partial charge in [-0.3, -0.25) is 9.59 Å². The Kier molecular flexibility index (Phi) is 5.59. The Morgan fingerprint density at radius 3 is 2.25 bits per heavy atom. The van der Waals surface area contributed by atoms with E-state index in [1.807, 2.05) is 31.2 Å². The van der Waals surface area contributed by atoms with E-state index in [2.05, 4.69) is 10.6 Å². The van der Waals surface area contributed by atoms with Gasteiger partial charge in [-0.25, -0.2) is 4.79 Å². The van der Waals surface area contributed by atoms with Crippen LogP contribution in [0.15, 0.2) is 24.3 Å². The van der Waals surface area contributed by atoms with Crippen LogP contribution in [0.5, 0.6) is 0 Å². The van der Waals surface area contributed by atoms with E-state index in [4.69, 9.17) is 0 Å². The van der Waals surface area contributed by atoms with E-state index in [9.17, 15) is 19.5 Å². The van der Waals surface area contributed by atoms with Crippen LogP contribution in [-0.2, 0) is 14.4 Å². The zero-order valence-corrected chi connectivity index (χ0v) is 14.1. The molecule has 1 fully saturated rings. The SMILES string of the molecule is CC(=O)N[C@@H](CC(=O)NC1(C(=O)O)CCCC1)c1ccc(C)cc1. The Morgan fingerprint density at radius 1 is 1.17 bits per heavy atom. The largest absolute Gasteiger partial charge is 0.480 e. The highest BCUT2D eigenvalue weighted by Gasteiger charge is 2.42. The summed E-state index contributed by atoms with van der Waals surface area (Å²) in [7, 11) is 0. The van der Waals surface area contributed by atoms with Crippen LogP contribution in [0, 0.1) is 6.92 Å². The summed E-state index contributed by atoms with van der Waals surface area (Å²) < 4.78 is 0. The van der Waals surface area contributed by atoms with Crippen LogP contribution in [0.4, 0.5) is 0 Å². The van der Waals surface area contributed by atoms with Crippen LogP contribution in [-0.4, -0.2) is 28.4 Å². The van der Waals surface area contributed by atoms with E-state index in [-0.39, 0.29) is 18.2 Å². The Balaban J connectivity index is 2.10. The minimum Gasteiger partial charge on any atom is -0.480 e. The molecule has 0 bridgehead atoms. The van der Waals surface area contributed by atoms with Crippen molar-refractivity contribution < 1.29 is 19.5 Å². The molecule has 1 aliphatic carbocycles. The number of aryl methyl sites for hydroxylation is 1. The summed E-state index contributed by atoms with van der Waals surface area (Å²) in [6.45, 7) is 3.36. The van der Waals surface area contributed by atoms with E-state index < -0.39 is 17.6 Å². The first kappa shape index (κ1) is 18.0. The third-order valence-corrected chi connectivity index (χ3v) is 4.49. The summed E-state index contributed by atoms with van der Waals surface area (Å²) in [4.78, 5) is 35.4. The van der Waals surface area contributed by atoms with Crippen molar-refractivity contribution >= 4 is 17.8 Å². The molecular formula is C18H24N2O4. The molecule has 2 rings (SSSR count). The molecule has 1 aromatic carbocycles. The lowest BCUT2D eigenvalue weighted by Crippen LogP contribution is -2.53. The van der Waals surface area contributed by atoms with Gasteiger partial charge in [0.1, 0.15) is 5.54 Å². The number of hydrogen-bond acceptors (Lipinski definition) is 3. The van der Waals surface area contributed by atoms with Crippen molar-refractivity contribution in [3.05, 3.63) is 35.4 Å². The second kappa shape index (κ2) is 7.47. The van der Waals surface area contributed by atoms with Gasteiger partial charge in [-0.15, -0.1) is 0 Å². The first-order valence-corrected chi connectivity index (χ1v) is 8.20. The number of benzene rings is 1. The molecule has 0 aliphatic heterocycles. The van der Waals surface area contributed by atoms with E-state index in [0.717, 1.165) is 24.0 Å². The molecule has 0 spiro atoms. The number of hydrogen-bond donors (Lipinski definition) is 3. The number of carbonyl (C=O) groups excluding carboxylic acids is 2.